The number of hydrogen-bond acceptors (Lipinski definition) is 3. The molecule has 0 aliphatic carbocycles. The van der Waals surface area contributed by atoms with E-state index in [1.807, 2.05) is 0 Å². The van der Waals surface area contributed by atoms with Crippen molar-refractivity contribution < 1.29 is 9.09 Å². The molecule has 0 heterocycles. The summed E-state index contributed by atoms with van der Waals surface area (Å²) in [6.07, 6.45) is 1.37. The lowest BCUT2D eigenvalue weighted by Crippen LogP contribution is -1.99. The lowest BCUT2D eigenvalue weighted by atomic mass is 10.5. The molecule has 0 aromatic rings. The first-order valence-corrected chi connectivity index (χ1v) is 3.86. The van der Waals surface area contributed by atoms with Crippen molar-refractivity contribution >= 4 is 8.03 Å². The molecular weight excluding hydrogens is 125 g/mol. The van der Waals surface area contributed by atoms with Crippen LogP contribution in [0.25, 0.3) is 0 Å². The lowest BCUT2D eigenvalue weighted by Gasteiger charge is -1.80. The maximum absolute atomic E-state index is 10.4. The third-order valence-corrected chi connectivity index (χ3v) is 1.84. The molecule has 0 aliphatic heterocycles. The third kappa shape index (κ3) is 4.19. The van der Waals surface area contributed by atoms with Crippen molar-refractivity contribution in [2.75, 3.05) is 19.8 Å². The predicted molar refractivity (Wildman–Crippen MR) is 33.2 cm³/mol. The fraction of sp³-hybridized carbons (Fsp3) is 1.00. The van der Waals surface area contributed by atoms with E-state index in [0.29, 0.717) is 12.7 Å². The van der Waals surface area contributed by atoms with Crippen LogP contribution in [0.3, 0.4) is 0 Å². The Hall–Kier alpha value is 0.0200. The monoisotopic (exact) mass is 136 g/mol. The van der Waals surface area contributed by atoms with Crippen LogP contribution in [0.5, 0.6) is 0 Å². The van der Waals surface area contributed by atoms with Crippen LogP contribution < -0.4 is 5.73 Å². The molecule has 8 heavy (non-hydrogen) atoms. The molecule has 0 amide bonds. The van der Waals surface area contributed by atoms with Gasteiger partial charge in [0.1, 0.15) is 0 Å². The lowest BCUT2D eigenvalue weighted by molar-refractivity contribution is 0.414. The van der Waals surface area contributed by atoms with Gasteiger partial charge in [0.2, 0.25) is 0 Å². The summed E-state index contributed by atoms with van der Waals surface area (Å²) >= 11 is 0. The highest BCUT2D eigenvalue weighted by molar-refractivity contribution is 7.39. The van der Waals surface area contributed by atoms with Gasteiger partial charge in [-0.25, -0.2) is 0 Å². The predicted octanol–water partition coefficient (Wildman–Crippen LogP) is 0.724. The maximum Gasteiger partial charge on any atom is 0.507 e. The molecule has 0 fully saturated rings. The van der Waals surface area contributed by atoms with Gasteiger partial charge in [0.25, 0.3) is 0 Å². The van der Waals surface area contributed by atoms with E-state index in [2.05, 4.69) is 4.52 Å². The Labute approximate surface area is 50.1 Å². The molecule has 0 bridgehead atoms. The molecule has 0 rings (SSSR count). The average molecular weight is 136 g/mol. The normalized spacial score (nSPS) is 11.5. The highest BCUT2D eigenvalue weighted by Crippen LogP contribution is 2.19. The van der Waals surface area contributed by atoms with E-state index in [1.165, 1.54) is 7.11 Å². The van der Waals surface area contributed by atoms with Gasteiger partial charge in [-0.05, 0) is 11.1 Å². The van der Waals surface area contributed by atoms with Gasteiger partial charge in [0.15, 0.2) is 6.16 Å². The second-order valence-electron chi connectivity index (χ2n) is 1.38. The average Bonchev–Trinajstić information content (AvgIpc) is 1.83. The topological polar surface area (TPSA) is 52.3 Å². The Kier molecular flexibility index (Phi) is 5.18. The SMILES string of the molecule is CO[P+](=O)CCCN. The zero-order valence-corrected chi connectivity index (χ0v) is 5.86. The molecule has 0 aliphatic rings. The molecule has 0 saturated carbocycles. The molecule has 4 heteroatoms. The quantitative estimate of drug-likeness (QED) is 0.579. The molecule has 0 aromatic carbocycles. The molecular formula is C4H11NO2P+. The molecule has 0 aromatic heterocycles. The van der Waals surface area contributed by atoms with Gasteiger partial charge in [0.05, 0.1) is 7.11 Å². The Balaban J connectivity index is 2.99. The molecule has 48 valence electrons. The first-order valence-electron chi connectivity index (χ1n) is 2.50. The molecule has 0 saturated heterocycles. The first kappa shape index (κ1) is 8.02. The number of rotatable bonds is 4. The van der Waals surface area contributed by atoms with Crippen LogP contribution in [0.2, 0.25) is 0 Å². The van der Waals surface area contributed by atoms with Crippen molar-refractivity contribution in [3.8, 4) is 0 Å². The molecule has 2 N–H and O–H groups in total. The van der Waals surface area contributed by atoms with E-state index < -0.39 is 8.03 Å². The maximum atomic E-state index is 10.4. The number of nitrogens with two attached hydrogens (primary N) is 1. The second-order valence-corrected chi connectivity index (χ2v) is 2.86. The van der Waals surface area contributed by atoms with Gasteiger partial charge in [-0.1, -0.05) is 0 Å². The number of hydrogen-bond donors (Lipinski definition) is 1. The largest absolute Gasteiger partial charge is 0.507 e. The van der Waals surface area contributed by atoms with Crippen LogP contribution in [0.15, 0.2) is 0 Å². The summed E-state index contributed by atoms with van der Waals surface area (Å²) in [5.41, 5.74) is 5.15. The van der Waals surface area contributed by atoms with E-state index in [-0.39, 0.29) is 0 Å². The van der Waals surface area contributed by atoms with Gasteiger partial charge in [-0.3, -0.25) is 0 Å². The summed E-state index contributed by atoms with van der Waals surface area (Å²) in [5.74, 6) is 0. The third-order valence-electron chi connectivity index (χ3n) is 0.748. The smallest absolute Gasteiger partial charge is 0.330 e. The zero-order chi connectivity index (χ0) is 6.41. The fourth-order valence-corrected chi connectivity index (χ4v) is 0.935. The molecule has 1 unspecified atom stereocenters. The Morgan fingerprint density at radius 1 is 1.75 bits per heavy atom. The van der Waals surface area contributed by atoms with Crippen molar-refractivity contribution in [3.63, 3.8) is 0 Å². The van der Waals surface area contributed by atoms with Crippen LogP contribution in [0.4, 0.5) is 0 Å². The summed E-state index contributed by atoms with van der Waals surface area (Å²) in [6.45, 7) is 0.588. The molecule has 0 radical (unpaired) electrons. The van der Waals surface area contributed by atoms with Crippen molar-refractivity contribution in [3.05, 3.63) is 0 Å². The van der Waals surface area contributed by atoms with Gasteiger partial charge in [0, 0.05) is 6.42 Å². The van der Waals surface area contributed by atoms with E-state index >= 15 is 0 Å². The van der Waals surface area contributed by atoms with Crippen molar-refractivity contribution in [2.45, 2.75) is 6.42 Å². The van der Waals surface area contributed by atoms with Crippen LogP contribution in [-0.4, -0.2) is 19.8 Å². The van der Waals surface area contributed by atoms with Gasteiger partial charge in [-0.2, -0.15) is 0 Å². The summed E-state index contributed by atoms with van der Waals surface area (Å²) in [4.78, 5) is 0. The Bertz CT molecular complexity index is 76.4. The van der Waals surface area contributed by atoms with Crippen molar-refractivity contribution in [1.82, 2.24) is 0 Å². The van der Waals surface area contributed by atoms with E-state index in [1.54, 1.807) is 0 Å². The van der Waals surface area contributed by atoms with Crippen molar-refractivity contribution in [2.24, 2.45) is 5.73 Å². The van der Waals surface area contributed by atoms with Crippen LogP contribution in [0.1, 0.15) is 6.42 Å². The van der Waals surface area contributed by atoms with Crippen LogP contribution in [0, 0.1) is 0 Å². The summed E-state index contributed by atoms with van der Waals surface area (Å²) < 4.78 is 14.9. The van der Waals surface area contributed by atoms with E-state index in [9.17, 15) is 4.57 Å². The molecule has 1 atom stereocenters. The van der Waals surface area contributed by atoms with E-state index in [4.69, 9.17) is 5.73 Å². The minimum Gasteiger partial charge on any atom is -0.330 e. The van der Waals surface area contributed by atoms with Gasteiger partial charge >= 0.3 is 8.03 Å². The summed E-state index contributed by atoms with van der Waals surface area (Å²) in [6, 6.07) is 0. The second kappa shape index (κ2) is 5.16. The highest BCUT2D eigenvalue weighted by atomic mass is 31.1. The molecule has 3 nitrogen and oxygen atoms in total. The van der Waals surface area contributed by atoms with Gasteiger partial charge in [-0.15, -0.1) is 4.52 Å². The van der Waals surface area contributed by atoms with E-state index in [0.717, 1.165) is 6.42 Å². The summed E-state index contributed by atoms with van der Waals surface area (Å²) in [5, 5.41) is 0. The van der Waals surface area contributed by atoms with Gasteiger partial charge < -0.3 is 5.73 Å². The Morgan fingerprint density at radius 2 is 2.38 bits per heavy atom. The minimum atomic E-state index is -1.41. The fourth-order valence-electron chi connectivity index (χ4n) is 0.312. The minimum absolute atomic E-state index is 0.586. The van der Waals surface area contributed by atoms with Crippen molar-refractivity contribution in [1.29, 1.82) is 0 Å². The Morgan fingerprint density at radius 3 is 2.75 bits per heavy atom. The van der Waals surface area contributed by atoms with Crippen LogP contribution >= 0.6 is 8.03 Å². The molecule has 0 spiro atoms. The van der Waals surface area contributed by atoms with Crippen LogP contribution in [-0.2, 0) is 9.09 Å². The highest BCUT2D eigenvalue weighted by Gasteiger charge is 2.11. The zero-order valence-electron chi connectivity index (χ0n) is 4.96. The first-order chi connectivity index (χ1) is 3.81. The summed E-state index contributed by atoms with van der Waals surface area (Å²) in [7, 11) is 0.0255. The standard InChI is InChI=1S/C4H11NO2P/c1-7-8(6)4-2-3-5/h2-5H2,1H3/q+1.